The van der Waals surface area contributed by atoms with Crippen LogP contribution in [0.2, 0.25) is 0 Å². The fourth-order valence-corrected chi connectivity index (χ4v) is 7.13. The van der Waals surface area contributed by atoms with E-state index in [-0.39, 0.29) is 23.3 Å². The molecule has 0 radical (unpaired) electrons. The zero-order valence-corrected chi connectivity index (χ0v) is 24.5. The number of benzene rings is 3. The largest absolute Gasteiger partial charge is 0.354 e. The lowest BCUT2D eigenvalue weighted by molar-refractivity contribution is 0.269. The molecule has 5 rings (SSSR count). The number of nitrogens with zero attached hydrogens (tertiary/aromatic N) is 5. The first-order valence-electron chi connectivity index (χ1n) is 14.0. The predicted molar refractivity (Wildman–Crippen MR) is 159 cm³/mol. The van der Waals surface area contributed by atoms with E-state index in [2.05, 4.69) is 16.7 Å². The molecule has 212 valence electrons. The van der Waals surface area contributed by atoms with E-state index in [0.29, 0.717) is 12.1 Å². The van der Waals surface area contributed by atoms with Crippen molar-refractivity contribution in [3.8, 4) is 5.69 Å². The molecule has 0 amide bonds. The average molecular weight is 564 g/mol. The van der Waals surface area contributed by atoms with Crippen LogP contribution in [-0.4, -0.2) is 66.2 Å². The number of hydrogen-bond acceptors (Lipinski definition) is 5. The third-order valence-corrected chi connectivity index (χ3v) is 10.0. The number of sulfonamides is 1. The van der Waals surface area contributed by atoms with Crippen LogP contribution in [0.25, 0.3) is 16.5 Å². The Morgan fingerprint density at radius 3 is 2.35 bits per heavy atom. The van der Waals surface area contributed by atoms with Gasteiger partial charge in [0.25, 0.3) is 0 Å². The van der Waals surface area contributed by atoms with Gasteiger partial charge in [-0.3, -0.25) is 0 Å². The van der Waals surface area contributed by atoms with Crippen LogP contribution in [0.15, 0.2) is 71.6 Å². The van der Waals surface area contributed by atoms with Crippen molar-refractivity contribution in [1.29, 1.82) is 0 Å². The Kier molecular flexibility index (Phi) is 8.26. The van der Waals surface area contributed by atoms with E-state index in [1.54, 1.807) is 27.2 Å². The van der Waals surface area contributed by atoms with Gasteiger partial charge in [0, 0.05) is 44.3 Å². The van der Waals surface area contributed by atoms with E-state index in [1.165, 1.54) is 12.1 Å². The fraction of sp³-hybridized carbons (Fsp3) is 0.387. The third-order valence-electron chi connectivity index (χ3n) is 8.05. The van der Waals surface area contributed by atoms with Gasteiger partial charge in [-0.2, -0.15) is 9.40 Å². The zero-order valence-electron chi connectivity index (χ0n) is 23.7. The monoisotopic (exact) mass is 563 g/mol. The maximum atomic E-state index is 14.3. The molecule has 1 aliphatic heterocycles. The SMILES string of the molecule is CC[C@H](C)N(Cc1c(C)nn(-c2cccc(F)c2)c1N1CCN(CC)CC1)S(=O)(=O)c1ccc2ccccc2c1. The summed E-state index contributed by atoms with van der Waals surface area (Å²) in [5.74, 6) is 0.495. The topological polar surface area (TPSA) is 61.7 Å². The van der Waals surface area contributed by atoms with E-state index in [4.69, 9.17) is 5.10 Å². The highest BCUT2D eigenvalue weighted by atomic mass is 32.2. The number of aryl methyl sites for hydroxylation is 1. The first-order valence-corrected chi connectivity index (χ1v) is 15.5. The highest BCUT2D eigenvalue weighted by molar-refractivity contribution is 7.89. The van der Waals surface area contributed by atoms with Crippen molar-refractivity contribution in [2.24, 2.45) is 0 Å². The molecule has 1 saturated heterocycles. The second-order valence-electron chi connectivity index (χ2n) is 10.5. The van der Waals surface area contributed by atoms with Gasteiger partial charge in [0.2, 0.25) is 10.0 Å². The van der Waals surface area contributed by atoms with E-state index >= 15 is 0 Å². The summed E-state index contributed by atoms with van der Waals surface area (Å²) in [5.41, 5.74) is 2.20. The molecule has 2 heterocycles. The van der Waals surface area contributed by atoms with Crippen LogP contribution in [0.1, 0.15) is 38.4 Å². The number of aromatic nitrogens is 2. The lowest BCUT2D eigenvalue weighted by atomic mass is 10.1. The van der Waals surface area contributed by atoms with Gasteiger partial charge >= 0.3 is 0 Å². The fourth-order valence-electron chi connectivity index (χ4n) is 5.42. The van der Waals surface area contributed by atoms with Gasteiger partial charge in [-0.1, -0.05) is 50.2 Å². The molecule has 40 heavy (non-hydrogen) atoms. The number of likely N-dealkylation sites (N-methyl/N-ethyl adjacent to an activating group) is 1. The molecule has 0 unspecified atom stereocenters. The Bertz CT molecular complexity index is 1590. The molecule has 7 nitrogen and oxygen atoms in total. The van der Waals surface area contributed by atoms with Crippen LogP contribution in [0.5, 0.6) is 0 Å². The van der Waals surface area contributed by atoms with Gasteiger partial charge in [0.15, 0.2) is 0 Å². The maximum absolute atomic E-state index is 14.3. The molecule has 9 heteroatoms. The molecule has 1 fully saturated rings. The van der Waals surface area contributed by atoms with Gasteiger partial charge in [-0.05, 0) is 67.9 Å². The highest BCUT2D eigenvalue weighted by Crippen LogP contribution is 2.33. The molecular formula is C31H38FN5O2S. The van der Waals surface area contributed by atoms with Gasteiger partial charge < -0.3 is 9.80 Å². The minimum Gasteiger partial charge on any atom is -0.354 e. The van der Waals surface area contributed by atoms with Crippen LogP contribution in [0.3, 0.4) is 0 Å². The van der Waals surface area contributed by atoms with E-state index in [9.17, 15) is 12.8 Å². The minimum atomic E-state index is -3.83. The smallest absolute Gasteiger partial charge is 0.243 e. The van der Waals surface area contributed by atoms with Crippen LogP contribution in [0.4, 0.5) is 10.2 Å². The van der Waals surface area contributed by atoms with Crippen molar-refractivity contribution in [2.45, 2.75) is 51.6 Å². The molecular weight excluding hydrogens is 525 g/mol. The van der Waals surface area contributed by atoms with Crippen molar-refractivity contribution in [3.63, 3.8) is 0 Å². The summed E-state index contributed by atoms with van der Waals surface area (Å²) in [7, 11) is -3.83. The van der Waals surface area contributed by atoms with Crippen LogP contribution < -0.4 is 4.90 Å². The Morgan fingerprint density at radius 2 is 1.68 bits per heavy atom. The molecule has 1 aromatic heterocycles. The number of rotatable bonds is 9. The summed E-state index contributed by atoms with van der Waals surface area (Å²) < 4.78 is 46.1. The summed E-state index contributed by atoms with van der Waals surface area (Å²) in [6.07, 6.45) is 0.661. The second-order valence-corrected chi connectivity index (χ2v) is 12.4. The van der Waals surface area contributed by atoms with Gasteiger partial charge in [-0.25, -0.2) is 17.5 Å². The maximum Gasteiger partial charge on any atom is 0.243 e. The Balaban J connectivity index is 1.60. The molecule has 0 saturated carbocycles. The number of piperazine rings is 1. The Hall–Kier alpha value is -3.27. The third kappa shape index (κ3) is 5.50. The summed E-state index contributed by atoms with van der Waals surface area (Å²) >= 11 is 0. The first kappa shape index (κ1) is 28.3. The molecule has 0 bridgehead atoms. The molecule has 4 aromatic rings. The molecule has 1 aliphatic rings. The van der Waals surface area contributed by atoms with E-state index in [1.807, 2.05) is 57.2 Å². The van der Waals surface area contributed by atoms with Crippen molar-refractivity contribution in [2.75, 3.05) is 37.6 Å². The summed E-state index contributed by atoms with van der Waals surface area (Å²) in [6, 6.07) is 19.3. The normalized spacial score (nSPS) is 15.7. The van der Waals surface area contributed by atoms with Crippen LogP contribution in [-0.2, 0) is 16.6 Å². The number of fused-ring (bicyclic) bond motifs is 1. The average Bonchev–Trinajstić information content (AvgIpc) is 3.30. The number of anilines is 1. The molecule has 0 N–H and O–H groups in total. The van der Waals surface area contributed by atoms with E-state index < -0.39 is 10.0 Å². The molecule has 3 aromatic carbocycles. The lowest BCUT2D eigenvalue weighted by Crippen LogP contribution is -2.47. The van der Waals surface area contributed by atoms with Crippen molar-refractivity contribution >= 4 is 26.6 Å². The lowest BCUT2D eigenvalue weighted by Gasteiger charge is -2.36. The van der Waals surface area contributed by atoms with E-state index in [0.717, 1.165) is 60.6 Å². The van der Waals surface area contributed by atoms with Crippen LogP contribution in [0, 0.1) is 12.7 Å². The Labute approximate surface area is 236 Å². The zero-order chi connectivity index (χ0) is 28.4. The Morgan fingerprint density at radius 1 is 0.950 bits per heavy atom. The predicted octanol–water partition coefficient (Wildman–Crippen LogP) is 5.60. The van der Waals surface area contributed by atoms with Gasteiger partial charge in [0.1, 0.15) is 11.6 Å². The highest BCUT2D eigenvalue weighted by Gasteiger charge is 2.33. The van der Waals surface area contributed by atoms with Crippen molar-refractivity contribution < 1.29 is 12.8 Å². The minimum absolute atomic E-state index is 0.175. The first-order chi connectivity index (χ1) is 19.2. The molecule has 1 atom stereocenters. The quantitative estimate of drug-likeness (QED) is 0.265. The van der Waals surface area contributed by atoms with Crippen molar-refractivity contribution in [1.82, 2.24) is 19.0 Å². The molecule has 0 aliphatic carbocycles. The second kappa shape index (κ2) is 11.7. The standard InChI is InChI=1S/C31H38FN5O2S/c1-5-23(3)36(40(38,39)29-15-14-25-10-7-8-11-26(25)20-29)22-30-24(4)33-37(28-13-9-12-27(32)21-28)31(30)35-18-16-34(6-2)17-19-35/h7-15,20-21,23H,5-6,16-19,22H2,1-4H3/t23-/m0/s1. The molecule has 0 spiro atoms. The summed E-state index contributed by atoms with van der Waals surface area (Å²) in [6.45, 7) is 12.5. The number of halogens is 1. The van der Waals surface area contributed by atoms with Gasteiger partial charge in [0.05, 0.1) is 16.3 Å². The summed E-state index contributed by atoms with van der Waals surface area (Å²) in [4.78, 5) is 4.94. The number of hydrogen-bond donors (Lipinski definition) is 0. The summed E-state index contributed by atoms with van der Waals surface area (Å²) in [5, 5.41) is 6.73. The van der Waals surface area contributed by atoms with Crippen LogP contribution >= 0.6 is 0 Å². The van der Waals surface area contributed by atoms with Gasteiger partial charge in [-0.15, -0.1) is 0 Å². The van der Waals surface area contributed by atoms with Crippen molar-refractivity contribution in [3.05, 3.63) is 83.8 Å².